The highest BCUT2D eigenvalue weighted by molar-refractivity contribution is 5.96. The topological polar surface area (TPSA) is 122 Å². The molecule has 9 heteroatoms. The molecule has 2 aromatic carbocycles. The van der Waals surface area contributed by atoms with Crippen molar-refractivity contribution in [2.24, 2.45) is 0 Å². The van der Waals surface area contributed by atoms with Gasteiger partial charge in [0.05, 0.1) is 6.42 Å². The maximum Gasteiger partial charge on any atom is 0.269 e. The van der Waals surface area contributed by atoms with Gasteiger partial charge in [-0.2, -0.15) is 4.98 Å². The Kier molecular flexibility index (Phi) is 5.42. The summed E-state index contributed by atoms with van der Waals surface area (Å²) in [7, 11) is 0. The van der Waals surface area contributed by atoms with Crippen molar-refractivity contribution in [3.63, 3.8) is 0 Å². The molecular weight excluding hydrogens is 386 g/mol. The first-order valence-electron chi connectivity index (χ1n) is 9.25. The van der Waals surface area contributed by atoms with Crippen LogP contribution in [0.1, 0.15) is 27.6 Å². The lowest BCUT2D eigenvalue weighted by Gasteiger charge is -2.08. The summed E-state index contributed by atoms with van der Waals surface area (Å²) in [6.07, 6.45) is 1.94. The number of aromatic nitrogens is 3. The minimum absolute atomic E-state index is 0.145. The van der Waals surface area contributed by atoms with E-state index in [0.717, 1.165) is 16.5 Å². The predicted molar refractivity (Wildman–Crippen MR) is 107 cm³/mol. The lowest BCUT2D eigenvalue weighted by atomic mass is 10.1. The number of hydrogen-bond acceptors (Lipinski definition) is 6. The van der Waals surface area contributed by atoms with Crippen molar-refractivity contribution in [2.75, 3.05) is 0 Å². The van der Waals surface area contributed by atoms with E-state index in [2.05, 4.69) is 26.0 Å². The largest absolute Gasteiger partial charge is 0.485 e. The average Bonchev–Trinajstić information content (AvgIpc) is 3.37. The van der Waals surface area contributed by atoms with Crippen molar-refractivity contribution < 1.29 is 18.8 Å². The van der Waals surface area contributed by atoms with Gasteiger partial charge < -0.3 is 14.2 Å². The Morgan fingerprint density at radius 2 is 1.90 bits per heavy atom. The van der Waals surface area contributed by atoms with Gasteiger partial charge in [-0.25, -0.2) is 0 Å². The highest BCUT2D eigenvalue weighted by atomic mass is 16.5. The highest BCUT2D eigenvalue weighted by Crippen LogP contribution is 2.18. The van der Waals surface area contributed by atoms with Gasteiger partial charge in [0.25, 0.3) is 5.91 Å². The average molecular weight is 405 g/mol. The summed E-state index contributed by atoms with van der Waals surface area (Å²) in [5, 5.41) is 4.72. The van der Waals surface area contributed by atoms with E-state index in [1.165, 1.54) is 0 Å². The van der Waals surface area contributed by atoms with Crippen LogP contribution in [-0.2, 0) is 17.8 Å². The fourth-order valence-electron chi connectivity index (χ4n) is 2.94. The van der Waals surface area contributed by atoms with E-state index >= 15 is 0 Å². The molecule has 0 aliphatic rings. The fraction of sp³-hybridized carbons (Fsp3) is 0.143. The van der Waals surface area contributed by atoms with Crippen molar-refractivity contribution in [1.29, 1.82) is 0 Å². The standard InChI is InChI=1S/C21H19N5O4/c1-13-23-19(26-30-13)12-29-16-8-6-14(7-9-16)21(28)25-24-20(27)10-15-11-22-18-5-3-2-4-17(15)18/h2-9,11,22H,10,12H2,1H3,(H,24,27)(H,25,28). The molecule has 4 aromatic rings. The third-order valence-electron chi connectivity index (χ3n) is 4.40. The zero-order valence-electron chi connectivity index (χ0n) is 16.1. The Balaban J connectivity index is 1.27. The number of H-pyrrole nitrogens is 1. The van der Waals surface area contributed by atoms with Gasteiger partial charge in [-0.05, 0) is 35.9 Å². The van der Waals surface area contributed by atoms with Gasteiger partial charge in [-0.3, -0.25) is 20.4 Å². The van der Waals surface area contributed by atoms with Crippen molar-refractivity contribution in [1.82, 2.24) is 26.0 Å². The first-order chi connectivity index (χ1) is 14.6. The molecule has 2 heterocycles. The number of aromatic amines is 1. The van der Waals surface area contributed by atoms with Crippen molar-refractivity contribution in [3.05, 3.63) is 77.6 Å². The molecule has 0 atom stereocenters. The number of carbonyl (C=O) groups excluding carboxylic acids is 2. The van der Waals surface area contributed by atoms with Gasteiger partial charge >= 0.3 is 0 Å². The summed E-state index contributed by atoms with van der Waals surface area (Å²) in [5.74, 6) is 0.711. The number of benzene rings is 2. The minimum Gasteiger partial charge on any atom is -0.485 e. The summed E-state index contributed by atoms with van der Waals surface area (Å²) >= 11 is 0. The zero-order valence-corrected chi connectivity index (χ0v) is 16.1. The lowest BCUT2D eigenvalue weighted by molar-refractivity contribution is -0.121. The Morgan fingerprint density at radius 3 is 2.67 bits per heavy atom. The first-order valence-corrected chi connectivity index (χ1v) is 9.25. The number of hydrazine groups is 1. The molecule has 30 heavy (non-hydrogen) atoms. The molecule has 0 saturated carbocycles. The van der Waals surface area contributed by atoms with Crippen LogP contribution in [0.4, 0.5) is 0 Å². The molecule has 0 radical (unpaired) electrons. The van der Waals surface area contributed by atoms with Crippen LogP contribution >= 0.6 is 0 Å². The quantitative estimate of drug-likeness (QED) is 0.424. The molecule has 0 fully saturated rings. The van der Waals surface area contributed by atoms with E-state index in [0.29, 0.717) is 23.0 Å². The zero-order chi connectivity index (χ0) is 20.9. The van der Waals surface area contributed by atoms with Crippen LogP contribution in [0, 0.1) is 6.92 Å². The van der Waals surface area contributed by atoms with Gasteiger partial charge in [0.15, 0.2) is 6.61 Å². The monoisotopic (exact) mass is 405 g/mol. The van der Waals surface area contributed by atoms with E-state index in [4.69, 9.17) is 9.26 Å². The molecule has 9 nitrogen and oxygen atoms in total. The molecule has 152 valence electrons. The summed E-state index contributed by atoms with van der Waals surface area (Å²) in [4.78, 5) is 31.6. The van der Waals surface area contributed by atoms with Crippen LogP contribution in [-0.4, -0.2) is 26.9 Å². The Hall–Kier alpha value is -4.14. The number of fused-ring (bicyclic) bond motifs is 1. The van der Waals surface area contributed by atoms with Crippen molar-refractivity contribution in [3.8, 4) is 5.75 Å². The molecular formula is C21H19N5O4. The Bertz CT molecular complexity index is 1180. The number of hydrogen-bond donors (Lipinski definition) is 3. The molecule has 2 amide bonds. The number of carbonyl (C=O) groups is 2. The molecule has 0 saturated heterocycles. The first kappa shape index (κ1) is 19.2. The summed E-state index contributed by atoms with van der Waals surface area (Å²) in [6, 6.07) is 14.2. The minimum atomic E-state index is -0.428. The molecule has 0 aliphatic heterocycles. The van der Waals surface area contributed by atoms with E-state index in [1.54, 1.807) is 37.4 Å². The van der Waals surface area contributed by atoms with Gasteiger partial charge in [0, 0.05) is 29.6 Å². The molecule has 4 rings (SSSR count). The maximum absolute atomic E-state index is 12.3. The normalized spacial score (nSPS) is 10.7. The van der Waals surface area contributed by atoms with Gasteiger partial charge in [0.2, 0.25) is 17.6 Å². The molecule has 0 bridgehead atoms. The van der Waals surface area contributed by atoms with E-state index < -0.39 is 5.91 Å². The van der Waals surface area contributed by atoms with Crippen molar-refractivity contribution >= 4 is 22.7 Å². The molecule has 2 aromatic heterocycles. The fourth-order valence-corrected chi connectivity index (χ4v) is 2.94. The van der Waals surface area contributed by atoms with Crippen LogP contribution < -0.4 is 15.6 Å². The smallest absolute Gasteiger partial charge is 0.269 e. The number of amides is 2. The van der Waals surface area contributed by atoms with Crippen LogP contribution in [0.2, 0.25) is 0 Å². The number of nitrogens with one attached hydrogen (secondary N) is 3. The molecule has 0 aliphatic carbocycles. The number of ether oxygens (including phenoxy) is 1. The van der Waals surface area contributed by atoms with Crippen LogP contribution in [0.5, 0.6) is 5.75 Å². The predicted octanol–water partition coefficient (Wildman–Crippen LogP) is 2.44. The van der Waals surface area contributed by atoms with E-state index in [-0.39, 0.29) is 18.9 Å². The lowest BCUT2D eigenvalue weighted by Crippen LogP contribution is -2.42. The molecule has 0 unspecified atom stereocenters. The second kappa shape index (κ2) is 8.48. The molecule has 3 N–H and O–H groups in total. The van der Waals surface area contributed by atoms with Crippen LogP contribution in [0.15, 0.2) is 59.3 Å². The Morgan fingerprint density at radius 1 is 1.10 bits per heavy atom. The van der Waals surface area contributed by atoms with E-state index in [9.17, 15) is 9.59 Å². The summed E-state index contributed by atoms with van der Waals surface area (Å²) < 4.78 is 10.4. The number of rotatable bonds is 6. The van der Waals surface area contributed by atoms with Gasteiger partial charge in [-0.1, -0.05) is 23.4 Å². The Labute approximate surface area is 171 Å². The van der Waals surface area contributed by atoms with Crippen LogP contribution in [0.25, 0.3) is 10.9 Å². The maximum atomic E-state index is 12.3. The number of aryl methyl sites for hydroxylation is 1. The van der Waals surface area contributed by atoms with E-state index in [1.807, 2.05) is 24.3 Å². The second-order valence-corrected chi connectivity index (χ2v) is 6.58. The summed E-state index contributed by atoms with van der Waals surface area (Å²) in [5.41, 5.74) is 7.05. The SMILES string of the molecule is Cc1nc(COc2ccc(C(=O)NNC(=O)Cc3c[nH]c4ccccc34)cc2)no1. The highest BCUT2D eigenvalue weighted by Gasteiger charge is 2.11. The van der Waals surface area contributed by atoms with Crippen LogP contribution in [0.3, 0.4) is 0 Å². The second-order valence-electron chi connectivity index (χ2n) is 6.58. The summed E-state index contributed by atoms with van der Waals surface area (Å²) in [6.45, 7) is 1.86. The number of nitrogens with zero attached hydrogens (tertiary/aromatic N) is 2. The van der Waals surface area contributed by atoms with Gasteiger partial charge in [-0.15, -0.1) is 0 Å². The third kappa shape index (κ3) is 4.46. The number of para-hydroxylation sites is 1. The van der Waals surface area contributed by atoms with Gasteiger partial charge in [0.1, 0.15) is 5.75 Å². The molecule has 0 spiro atoms. The third-order valence-corrected chi connectivity index (χ3v) is 4.40. The van der Waals surface area contributed by atoms with Crippen molar-refractivity contribution in [2.45, 2.75) is 20.0 Å².